The van der Waals surface area contributed by atoms with Crippen molar-refractivity contribution in [3.8, 4) is 22.2 Å². The molecule has 0 aliphatic heterocycles. The largest absolute Gasteiger partial charge is 0.493 e. The number of rotatable bonds is 7. The van der Waals surface area contributed by atoms with Gasteiger partial charge in [0.2, 0.25) is 5.13 Å². The van der Waals surface area contributed by atoms with Gasteiger partial charge in [-0.2, -0.15) is 0 Å². The summed E-state index contributed by atoms with van der Waals surface area (Å²) in [6.07, 6.45) is 6.27. The third-order valence-electron chi connectivity index (χ3n) is 4.33. The van der Waals surface area contributed by atoms with E-state index in [1.165, 1.54) is 24.8 Å². The number of nitrogens with zero attached hydrogens (tertiary/aromatic N) is 5. The van der Waals surface area contributed by atoms with Crippen molar-refractivity contribution in [3.63, 3.8) is 0 Å². The predicted molar refractivity (Wildman–Crippen MR) is 115 cm³/mol. The normalized spacial score (nSPS) is 11.5. The van der Waals surface area contributed by atoms with E-state index in [4.69, 9.17) is 9.47 Å². The van der Waals surface area contributed by atoms with Crippen LogP contribution in [0.3, 0.4) is 0 Å². The van der Waals surface area contributed by atoms with E-state index in [9.17, 15) is 4.79 Å². The molecule has 31 heavy (non-hydrogen) atoms. The van der Waals surface area contributed by atoms with E-state index in [0.717, 1.165) is 5.56 Å². The molecule has 4 aromatic rings. The number of pyridine rings is 1. The Morgan fingerprint density at radius 2 is 2.00 bits per heavy atom. The highest BCUT2D eigenvalue weighted by molar-refractivity contribution is 7.18. The second kappa shape index (κ2) is 9.26. The molecule has 10 heteroatoms. The number of hydrogen-bond donors (Lipinski definition) is 1. The third-order valence-corrected chi connectivity index (χ3v) is 5.19. The number of methoxy groups -OCH3 is 1. The Morgan fingerprint density at radius 1 is 1.10 bits per heavy atom. The minimum atomic E-state index is -0.337. The SMILES string of the molecule is COc1cc(C(=O)Nc2nnc(-c3ccncn3)s2)ccc1O[C@@H](C)c1cccnc1. The number of ether oxygens (including phenoxy) is 2. The van der Waals surface area contributed by atoms with Crippen molar-refractivity contribution < 1.29 is 14.3 Å². The molecule has 0 aliphatic carbocycles. The molecule has 4 rings (SSSR count). The molecular formula is C21H18N6O3S. The lowest BCUT2D eigenvalue weighted by atomic mass is 10.1. The Kier molecular flexibility index (Phi) is 6.08. The summed E-state index contributed by atoms with van der Waals surface area (Å²) in [6.45, 7) is 1.92. The summed E-state index contributed by atoms with van der Waals surface area (Å²) in [5.74, 6) is 0.634. The average molecular weight is 434 g/mol. The first-order chi connectivity index (χ1) is 15.1. The fourth-order valence-corrected chi connectivity index (χ4v) is 3.46. The van der Waals surface area contributed by atoms with E-state index in [0.29, 0.717) is 32.9 Å². The molecule has 1 amide bonds. The van der Waals surface area contributed by atoms with Crippen LogP contribution >= 0.6 is 11.3 Å². The Morgan fingerprint density at radius 3 is 2.74 bits per heavy atom. The number of anilines is 1. The molecule has 0 saturated carbocycles. The van der Waals surface area contributed by atoms with Crippen molar-refractivity contribution in [2.45, 2.75) is 13.0 Å². The smallest absolute Gasteiger partial charge is 0.257 e. The van der Waals surface area contributed by atoms with Crippen LogP contribution in [-0.4, -0.2) is 38.2 Å². The maximum absolute atomic E-state index is 12.7. The molecule has 9 nitrogen and oxygen atoms in total. The second-order valence-electron chi connectivity index (χ2n) is 6.37. The van der Waals surface area contributed by atoms with Crippen LogP contribution in [0, 0.1) is 0 Å². The number of hydrogen-bond acceptors (Lipinski definition) is 9. The standard InChI is InChI=1S/C21H18N6O3S/c1-13(15-4-3-8-22-11-15)30-17-6-5-14(10-18(17)29-2)19(28)25-21-27-26-20(31-21)16-7-9-23-12-24-16/h3-13H,1-2H3,(H,25,27,28)/t13-/m0/s1. The summed E-state index contributed by atoms with van der Waals surface area (Å²) in [7, 11) is 1.53. The first-order valence-corrected chi connectivity index (χ1v) is 10.1. The lowest BCUT2D eigenvalue weighted by molar-refractivity contribution is 0.102. The predicted octanol–water partition coefficient (Wildman–Crippen LogP) is 3.79. The van der Waals surface area contributed by atoms with Crippen molar-refractivity contribution >= 4 is 22.4 Å². The van der Waals surface area contributed by atoms with Crippen LogP contribution in [0.4, 0.5) is 5.13 Å². The van der Waals surface area contributed by atoms with Crippen LogP contribution in [0.5, 0.6) is 11.5 Å². The number of carbonyl (C=O) groups is 1. The van der Waals surface area contributed by atoms with Crippen molar-refractivity contribution in [2.24, 2.45) is 0 Å². The molecule has 1 N–H and O–H groups in total. The molecule has 0 aliphatic rings. The van der Waals surface area contributed by atoms with Gasteiger partial charge in [0.05, 0.1) is 7.11 Å². The second-order valence-corrected chi connectivity index (χ2v) is 7.35. The van der Waals surface area contributed by atoms with Gasteiger partial charge in [0, 0.05) is 29.7 Å². The molecule has 3 heterocycles. The highest BCUT2D eigenvalue weighted by atomic mass is 32.1. The summed E-state index contributed by atoms with van der Waals surface area (Å²) in [5, 5.41) is 11.8. The Bertz CT molecular complexity index is 1170. The van der Waals surface area contributed by atoms with Crippen molar-refractivity contribution in [1.29, 1.82) is 0 Å². The van der Waals surface area contributed by atoms with Gasteiger partial charge in [0.25, 0.3) is 5.91 Å². The zero-order valence-corrected chi connectivity index (χ0v) is 17.5. The lowest BCUT2D eigenvalue weighted by Crippen LogP contribution is -2.12. The molecule has 3 aromatic heterocycles. The van der Waals surface area contributed by atoms with E-state index in [1.54, 1.807) is 42.9 Å². The van der Waals surface area contributed by atoms with Gasteiger partial charge in [0.15, 0.2) is 16.5 Å². The maximum Gasteiger partial charge on any atom is 0.257 e. The molecule has 0 spiro atoms. The van der Waals surface area contributed by atoms with Crippen molar-refractivity contribution in [1.82, 2.24) is 25.1 Å². The molecule has 0 unspecified atom stereocenters. The van der Waals surface area contributed by atoms with E-state index < -0.39 is 0 Å². The number of aromatic nitrogens is 5. The molecule has 1 atom stereocenters. The zero-order chi connectivity index (χ0) is 21.6. The molecular weight excluding hydrogens is 416 g/mol. The van der Waals surface area contributed by atoms with Gasteiger partial charge < -0.3 is 9.47 Å². The Balaban J connectivity index is 1.47. The fourth-order valence-electron chi connectivity index (χ4n) is 2.74. The van der Waals surface area contributed by atoms with E-state index in [-0.39, 0.29) is 12.0 Å². The van der Waals surface area contributed by atoms with Gasteiger partial charge in [-0.25, -0.2) is 9.97 Å². The van der Waals surface area contributed by atoms with Gasteiger partial charge in [-0.15, -0.1) is 10.2 Å². The van der Waals surface area contributed by atoms with Crippen LogP contribution in [-0.2, 0) is 0 Å². The van der Waals surface area contributed by atoms with Gasteiger partial charge >= 0.3 is 0 Å². The summed E-state index contributed by atoms with van der Waals surface area (Å²) in [4.78, 5) is 24.8. The van der Waals surface area contributed by atoms with Gasteiger partial charge in [-0.3, -0.25) is 15.1 Å². The topological polar surface area (TPSA) is 112 Å². The Hall–Kier alpha value is -3.92. The van der Waals surface area contributed by atoms with Gasteiger partial charge in [-0.05, 0) is 37.3 Å². The fraction of sp³-hybridized carbons (Fsp3) is 0.143. The van der Waals surface area contributed by atoms with E-state index >= 15 is 0 Å². The summed E-state index contributed by atoms with van der Waals surface area (Å²) in [5.41, 5.74) is 1.97. The van der Waals surface area contributed by atoms with Gasteiger partial charge in [0.1, 0.15) is 18.1 Å². The molecule has 156 valence electrons. The van der Waals surface area contributed by atoms with Crippen LogP contribution in [0.25, 0.3) is 10.7 Å². The van der Waals surface area contributed by atoms with E-state index in [2.05, 4.69) is 30.5 Å². The minimum Gasteiger partial charge on any atom is -0.493 e. The number of benzene rings is 1. The third kappa shape index (κ3) is 4.81. The maximum atomic E-state index is 12.7. The van der Waals surface area contributed by atoms with Crippen LogP contribution in [0.15, 0.2) is 61.3 Å². The zero-order valence-electron chi connectivity index (χ0n) is 16.7. The summed E-state index contributed by atoms with van der Waals surface area (Å²) >= 11 is 1.22. The van der Waals surface area contributed by atoms with Crippen LogP contribution in [0.1, 0.15) is 28.9 Å². The quantitative estimate of drug-likeness (QED) is 0.468. The number of carbonyl (C=O) groups excluding carboxylic acids is 1. The van der Waals surface area contributed by atoms with E-state index in [1.807, 2.05) is 19.1 Å². The first-order valence-electron chi connectivity index (χ1n) is 9.30. The summed E-state index contributed by atoms with van der Waals surface area (Å²) in [6, 6.07) is 10.5. The highest BCUT2D eigenvalue weighted by Crippen LogP contribution is 2.32. The van der Waals surface area contributed by atoms with Crippen molar-refractivity contribution in [2.75, 3.05) is 12.4 Å². The number of amides is 1. The average Bonchev–Trinajstić information content (AvgIpc) is 3.29. The highest BCUT2D eigenvalue weighted by Gasteiger charge is 2.16. The summed E-state index contributed by atoms with van der Waals surface area (Å²) < 4.78 is 11.4. The Labute approximate surface area is 182 Å². The minimum absolute atomic E-state index is 0.233. The molecule has 0 radical (unpaired) electrons. The van der Waals surface area contributed by atoms with Crippen LogP contribution in [0.2, 0.25) is 0 Å². The van der Waals surface area contributed by atoms with Crippen molar-refractivity contribution in [3.05, 3.63) is 72.4 Å². The molecule has 0 bridgehead atoms. The first kappa shape index (κ1) is 20.4. The molecule has 1 aromatic carbocycles. The lowest BCUT2D eigenvalue weighted by Gasteiger charge is -2.17. The number of nitrogens with one attached hydrogen (secondary N) is 1. The monoisotopic (exact) mass is 434 g/mol. The molecule has 0 saturated heterocycles. The van der Waals surface area contributed by atoms with Gasteiger partial charge in [-0.1, -0.05) is 17.4 Å². The molecule has 0 fully saturated rings. The van der Waals surface area contributed by atoms with Crippen LogP contribution < -0.4 is 14.8 Å².